The molecule has 33 heavy (non-hydrogen) atoms. The van der Waals surface area contributed by atoms with Crippen molar-refractivity contribution in [3.63, 3.8) is 0 Å². The lowest BCUT2D eigenvalue weighted by atomic mass is 9.99. The molecular formula is C21H17N7O5. The molecule has 1 N–H and O–H groups in total. The Morgan fingerprint density at radius 2 is 1.91 bits per heavy atom. The summed E-state index contributed by atoms with van der Waals surface area (Å²) >= 11 is 0. The SMILES string of the molecule is Cc1cccc(Cc2nc3nonc3nc2N/N=C/c2cc3c(cc2[N+](=O)[O-])OCO3)c1C. The van der Waals surface area contributed by atoms with Gasteiger partial charge in [0.25, 0.3) is 5.69 Å². The molecule has 12 heteroatoms. The first kappa shape index (κ1) is 20.3. The van der Waals surface area contributed by atoms with E-state index in [0.717, 1.165) is 16.7 Å². The number of nitro benzene ring substituents is 1. The Morgan fingerprint density at radius 1 is 1.15 bits per heavy atom. The van der Waals surface area contributed by atoms with Gasteiger partial charge in [-0.2, -0.15) is 5.10 Å². The number of nitrogens with zero attached hydrogens (tertiary/aromatic N) is 6. The van der Waals surface area contributed by atoms with Crippen LogP contribution in [0.25, 0.3) is 11.3 Å². The third-order valence-electron chi connectivity index (χ3n) is 5.35. The molecule has 0 aliphatic carbocycles. The molecule has 12 nitrogen and oxygen atoms in total. The first-order chi connectivity index (χ1) is 16.0. The van der Waals surface area contributed by atoms with Gasteiger partial charge in [-0.15, -0.1) is 0 Å². The molecule has 2 aromatic carbocycles. The lowest BCUT2D eigenvalue weighted by molar-refractivity contribution is -0.385. The predicted octanol–water partition coefficient (Wildman–Crippen LogP) is 3.30. The molecule has 0 unspecified atom stereocenters. The molecule has 5 rings (SSSR count). The van der Waals surface area contributed by atoms with Crippen LogP contribution in [0.2, 0.25) is 0 Å². The summed E-state index contributed by atoms with van der Waals surface area (Å²) in [7, 11) is 0. The van der Waals surface area contributed by atoms with Crippen molar-refractivity contribution in [2.24, 2.45) is 5.10 Å². The van der Waals surface area contributed by atoms with Gasteiger partial charge in [-0.25, -0.2) is 14.6 Å². The van der Waals surface area contributed by atoms with E-state index in [9.17, 15) is 10.1 Å². The zero-order chi connectivity index (χ0) is 22.9. The topological polar surface area (TPSA) is 151 Å². The molecule has 3 heterocycles. The lowest BCUT2D eigenvalue weighted by Crippen LogP contribution is -2.05. The second-order valence-corrected chi connectivity index (χ2v) is 7.36. The number of aryl methyl sites for hydroxylation is 1. The largest absolute Gasteiger partial charge is 0.454 e. The molecular weight excluding hydrogens is 430 g/mol. The highest BCUT2D eigenvalue weighted by Gasteiger charge is 2.22. The van der Waals surface area contributed by atoms with Crippen molar-refractivity contribution in [1.29, 1.82) is 0 Å². The summed E-state index contributed by atoms with van der Waals surface area (Å²) in [4.78, 5) is 19.9. The summed E-state index contributed by atoms with van der Waals surface area (Å²) in [6, 6.07) is 8.84. The van der Waals surface area contributed by atoms with E-state index in [2.05, 4.69) is 30.8 Å². The molecule has 0 fully saturated rings. The van der Waals surface area contributed by atoms with Crippen LogP contribution in [-0.4, -0.2) is 38.2 Å². The second-order valence-electron chi connectivity index (χ2n) is 7.36. The van der Waals surface area contributed by atoms with Crippen molar-refractivity contribution in [3.05, 3.63) is 68.4 Å². The third kappa shape index (κ3) is 3.89. The van der Waals surface area contributed by atoms with Crippen LogP contribution < -0.4 is 14.9 Å². The fraction of sp³-hybridized carbons (Fsp3) is 0.190. The normalized spacial score (nSPS) is 12.5. The maximum absolute atomic E-state index is 11.5. The second kappa shape index (κ2) is 8.15. The highest BCUT2D eigenvalue weighted by molar-refractivity contribution is 5.87. The van der Waals surface area contributed by atoms with Crippen molar-refractivity contribution in [3.8, 4) is 11.5 Å². The average molecular weight is 447 g/mol. The van der Waals surface area contributed by atoms with Crippen LogP contribution in [0.3, 0.4) is 0 Å². The number of rotatable bonds is 6. The minimum atomic E-state index is -0.512. The summed E-state index contributed by atoms with van der Waals surface area (Å²) < 4.78 is 15.3. The van der Waals surface area contributed by atoms with E-state index in [1.807, 2.05) is 32.0 Å². The van der Waals surface area contributed by atoms with Crippen LogP contribution in [0.4, 0.5) is 11.5 Å². The molecule has 0 atom stereocenters. The van der Waals surface area contributed by atoms with Crippen LogP contribution in [0.5, 0.6) is 11.5 Å². The van der Waals surface area contributed by atoms with E-state index in [-0.39, 0.29) is 29.3 Å². The summed E-state index contributed by atoms with van der Waals surface area (Å²) in [5, 5.41) is 23.1. The van der Waals surface area contributed by atoms with Crippen LogP contribution in [-0.2, 0) is 6.42 Å². The number of aromatic nitrogens is 4. The van der Waals surface area contributed by atoms with Crippen molar-refractivity contribution in [2.45, 2.75) is 20.3 Å². The van der Waals surface area contributed by atoms with Crippen LogP contribution >= 0.6 is 0 Å². The van der Waals surface area contributed by atoms with Gasteiger partial charge in [0.05, 0.1) is 28.5 Å². The third-order valence-corrected chi connectivity index (χ3v) is 5.35. The van der Waals surface area contributed by atoms with E-state index >= 15 is 0 Å². The van der Waals surface area contributed by atoms with Gasteiger partial charge >= 0.3 is 0 Å². The van der Waals surface area contributed by atoms with Gasteiger partial charge in [-0.1, -0.05) is 18.2 Å². The summed E-state index contributed by atoms with van der Waals surface area (Å²) in [5.74, 6) is 1.06. The van der Waals surface area contributed by atoms with Crippen LogP contribution in [0.15, 0.2) is 40.1 Å². The number of anilines is 1. The Morgan fingerprint density at radius 3 is 2.70 bits per heavy atom. The molecule has 166 valence electrons. The highest BCUT2D eigenvalue weighted by atomic mass is 16.7. The number of fused-ring (bicyclic) bond motifs is 2. The van der Waals surface area contributed by atoms with Gasteiger partial charge in [-0.05, 0) is 46.9 Å². The molecule has 1 aliphatic rings. The van der Waals surface area contributed by atoms with E-state index in [1.54, 1.807) is 0 Å². The number of benzene rings is 2. The summed E-state index contributed by atoms with van der Waals surface area (Å²) in [5.41, 5.74) is 7.33. The van der Waals surface area contributed by atoms with Crippen molar-refractivity contribution in [1.82, 2.24) is 20.3 Å². The van der Waals surface area contributed by atoms with Gasteiger partial charge in [0.1, 0.15) is 0 Å². The number of hydrazone groups is 1. The predicted molar refractivity (Wildman–Crippen MR) is 117 cm³/mol. The van der Waals surface area contributed by atoms with Gasteiger partial charge in [-0.3, -0.25) is 15.5 Å². The smallest absolute Gasteiger partial charge is 0.282 e. The Kier molecular flexibility index (Phi) is 5.01. The van der Waals surface area contributed by atoms with E-state index in [1.165, 1.54) is 18.3 Å². The minimum Gasteiger partial charge on any atom is -0.454 e. The maximum Gasteiger partial charge on any atom is 0.282 e. The lowest BCUT2D eigenvalue weighted by Gasteiger charge is -2.10. The Hall–Kier alpha value is -4.61. The standard InChI is InChI=1S/C21H17N7O5/c1-11-4-3-5-13(12(11)2)6-15-19(24-21-20(23-15)26-33-27-21)25-22-9-14-7-17-18(32-10-31-17)8-16(14)28(29)30/h3-5,7-9H,6,10H2,1-2H3,(H,24,25,27)/b22-9+. The monoisotopic (exact) mass is 447 g/mol. The molecule has 0 radical (unpaired) electrons. The van der Waals surface area contributed by atoms with Gasteiger partial charge < -0.3 is 9.47 Å². The van der Waals surface area contributed by atoms with Crippen LogP contribution in [0, 0.1) is 24.0 Å². The first-order valence-corrected chi connectivity index (χ1v) is 9.91. The molecule has 0 bridgehead atoms. The number of nitrogens with one attached hydrogen (secondary N) is 1. The molecule has 1 aliphatic heterocycles. The zero-order valence-electron chi connectivity index (χ0n) is 17.6. The number of ether oxygens (including phenoxy) is 2. The summed E-state index contributed by atoms with van der Waals surface area (Å²) in [6.07, 6.45) is 1.78. The van der Waals surface area contributed by atoms with Crippen molar-refractivity contribution < 1.29 is 19.0 Å². The van der Waals surface area contributed by atoms with Crippen molar-refractivity contribution in [2.75, 3.05) is 12.2 Å². The fourth-order valence-corrected chi connectivity index (χ4v) is 3.44. The van der Waals surface area contributed by atoms with Gasteiger partial charge in [0.2, 0.25) is 18.1 Å². The minimum absolute atomic E-state index is 0.00834. The van der Waals surface area contributed by atoms with Crippen LogP contribution in [0.1, 0.15) is 27.9 Å². The number of nitro groups is 1. The zero-order valence-corrected chi connectivity index (χ0v) is 17.6. The van der Waals surface area contributed by atoms with E-state index in [4.69, 9.17) is 14.1 Å². The first-order valence-electron chi connectivity index (χ1n) is 9.91. The van der Waals surface area contributed by atoms with Gasteiger partial charge in [0, 0.05) is 6.42 Å². The maximum atomic E-state index is 11.5. The summed E-state index contributed by atoms with van der Waals surface area (Å²) in [6.45, 7) is 4.09. The molecule has 0 amide bonds. The Labute approximate surface area is 186 Å². The quantitative estimate of drug-likeness (QED) is 0.265. The molecule has 4 aromatic rings. The van der Waals surface area contributed by atoms with E-state index in [0.29, 0.717) is 29.4 Å². The fourth-order valence-electron chi connectivity index (χ4n) is 3.44. The molecule has 0 saturated carbocycles. The number of hydrogen-bond donors (Lipinski definition) is 1. The molecule has 0 saturated heterocycles. The molecule has 0 spiro atoms. The van der Waals surface area contributed by atoms with E-state index < -0.39 is 4.92 Å². The average Bonchev–Trinajstić information content (AvgIpc) is 3.44. The molecule has 2 aromatic heterocycles. The number of hydrogen-bond acceptors (Lipinski definition) is 11. The van der Waals surface area contributed by atoms with Gasteiger partial charge in [0.15, 0.2) is 17.3 Å². The Bertz CT molecular complexity index is 1420. The highest BCUT2D eigenvalue weighted by Crippen LogP contribution is 2.37. The Balaban J connectivity index is 1.48. The van der Waals surface area contributed by atoms with Crippen molar-refractivity contribution >= 4 is 29.0 Å².